The Morgan fingerprint density at radius 3 is 2.15 bits per heavy atom. The average Bonchev–Trinajstić information content (AvgIpc) is 2.70. The molecule has 2 aromatic rings. The summed E-state index contributed by atoms with van der Waals surface area (Å²) in [5.41, 5.74) is 2.45. The summed E-state index contributed by atoms with van der Waals surface area (Å²) in [5, 5.41) is 9.46. The number of methoxy groups -OCH3 is 1. The fraction of sp³-hybridized carbons (Fsp3) is 0.318. The van der Waals surface area contributed by atoms with Crippen LogP contribution in [-0.4, -0.2) is 38.3 Å². The minimum absolute atomic E-state index is 0.614. The highest BCUT2D eigenvalue weighted by Gasteiger charge is 2.03. The summed E-state index contributed by atoms with van der Waals surface area (Å²) in [5.74, 6) is 1.62. The minimum Gasteiger partial charge on any atom is -0.497 e. The molecule has 0 saturated heterocycles. The van der Waals surface area contributed by atoms with Crippen LogP contribution in [0.1, 0.15) is 25.0 Å². The molecular weight excluding hydrogens is 324 g/mol. The van der Waals surface area contributed by atoms with Gasteiger partial charge in [-0.05, 0) is 66.7 Å². The molecule has 0 unspecified atom stereocenters. The standard InChI is InChI=1S/C22H26N2O2/c1-4-24(5-2)14-15-26-22-10-6-18(7-11-22)16-20(17-23)19-8-12-21(25-3)13-9-19/h6-13,16H,4-5,14-15H2,1-3H3/b20-16-. The molecule has 4 nitrogen and oxygen atoms in total. The number of hydrogen-bond donors (Lipinski definition) is 0. The van der Waals surface area contributed by atoms with E-state index in [1.165, 1.54) is 0 Å². The lowest BCUT2D eigenvalue weighted by atomic mass is 10.0. The second kappa shape index (κ2) is 10.3. The van der Waals surface area contributed by atoms with Gasteiger partial charge < -0.3 is 14.4 Å². The first-order valence-electron chi connectivity index (χ1n) is 8.91. The number of benzene rings is 2. The lowest BCUT2D eigenvalue weighted by Crippen LogP contribution is -2.27. The summed E-state index contributed by atoms with van der Waals surface area (Å²) >= 11 is 0. The summed E-state index contributed by atoms with van der Waals surface area (Å²) in [6.45, 7) is 7.97. The topological polar surface area (TPSA) is 45.5 Å². The highest BCUT2D eigenvalue weighted by molar-refractivity contribution is 5.89. The van der Waals surface area contributed by atoms with Crippen molar-refractivity contribution >= 4 is 11.6 Å². The SMILES string of the molecule is CCN(CC)CCOc1ccc(/C=C(/C#N)c2ccc(OC)cc2)cc1. The summed E-state index contributed by atoms with van der Waals surface area (Å²) in [6, 6.07) is 17.6. The van der Waals surface area contributed by atoms with Crippen molar-refractivity contribution in [1.82, 2.24) is 4.90 Å². The molecule has 0 aromatic heterocycles. The Morgan fingerprint density at radius 1 is 1.00 bits per heavy atom. The van der Waals surface area contributed by atoms with Crippen molar-refractivity contribution in [1.29, 1.82) is 5.26 Å². The number of likely N-dealkylation sites (N-methyl/N-ethyl adjacent to an activating group) is 1. The predicted molar refractivity (Wildman–Crippen MR) is 106 cm³/mol. The van der Waals surface area contributed by atoms with Gasteiger partial charge in [0, 0.05) is 6.54 Å². The molecule has 0 heterocycles. The average molecular weight is 350 g/mol. The molecule has 0 fully saturated rings. The molecular formula is C22H26N2O2. The lowest BCUT2D eigenvalue weighted by molar-refractivity contribution is 0.223. The van der Waals surface area contributed by atoms with Crippen molar-refractivity contribution in [3.8, 4) is 17.6 Å². The van der Waals surface area contributed by atoms with Crippen molar-refractivity contribution in [2.24, 2.45) is 0 Å². The van der Waals surface area contributed by atoms with Crippen molar-refractivity contribution in [3.05, 3.63) is 59.7 Å². The first-order valence-corrected chi connectivity index (χ1v) is 8.91. The Labute approximate surface area is 156 Å². The van der Waals surface area contributed by atoms with E-state index in [-0.39, 0.29) is 0 Å². The van der Waals surface area contributed by atoms with Crippen molar-refractivity contribution in [2.75, 3.05) is 33.4 Å². The van der Waals surface area contributed by atoms with Gasteiger partial charge in [-0.15, -0.1) is 0 Å². The zero-order valence-corrected chi connectivity index (χ0v) is 15.7. The molecule has 0 aliphatic rings. The van der Waals surface area contributed by atoms with Crippen LogP contribution in [0.4, 0.5) is 0 Å². The Morgan fingerprint density at radius 2 is 1.62 bits per heavy atom. The molecule has 0 spiro atoms. The number of rotatable bonds is 9. The molecule has 136 valence electrons. The first-order chi connectivity index (χ1) is 12.7. The van der Waals surface area contributed by atoms with Crippen molar-refractivity contribution in [2.45, 2.75) is 13.8 Å². The summed E-state index contributed by atoms with van der Waals surface area (Å²) < 4.78 is 11.0. The molecule has 26 heavy (non-hydrogen) atoms. The van der Waals surface area contributed by atoms with Gasteiger partial charge in [-0.1, -0.05) is 26.0 Å². The molecule has 2 aromatic carbocycles. The molecule has 0 radical (unpaired) electrons. The maximum atomic E-state index is 9.46. The second-order valence-electron chi connectivity index (χ2n) is 5.84. The molecule has 0 N–H and O–H groups in total. The van der Waals surface area contributed by atoms with E-state index in [2.05, 4.69) is 24.8 Å². The number of nitriles is 1. The Kier molecular flexibility index (Phi) is 7.73. The van der Waals surface area contributed by atoms with Gasteiger partial charge in [-0.25, -0.2) is 0 Å². The van der Waals surface area contributed by atoms with E-state index < -0.39 is 0 Å². The first kappa shape index (κ1) is 19.6. The van der Waals surface area contributed by atoms with E-state index in [9.17, 15) is 5.26 Å². The van der Waals surface area contributed by atoms with E-state index >= 15 is 0 Å². The van der Waals surface area contributed by atoms with Crippen LogP contribution in [0.3, 0.4) is 0 Å². The van der Waals surface area contributed by atoms with Gasteiger partial charge in [0.05, 0.1) is 18.8 Å². The molecule has 2 rings (SSSR count). The number of ether oxygens (including phenoxy) is 2. The van der Waals surface area contributed by atoms with Crippen LogP contribution < -0.4 is 9.47 Å². The highest BCUT2D eigenvalue weighted by atomic mass is 16.5. The summed E-state index contributed by atoms with van der Waals surface area (Å²) in [6.07, 6.45) is 1.88. The van der Waals surface area contributed by atoms with Crippen LogP contribution >= 0.6 is 0 Å². The second-order valence-corrected chi connectivity index (χ2v) is 5.84. The maximum Gasteiger partial charge on any atom is 0.119 e. The van der Waals surface area contributed by atoms with Crippen LogP contribution in [0.2, 0.25) is 0 Å². The van der Waals surface area contributed by atoms with Gasteiger partial charge >= 0.3 is 0 Å². The molecule has 0 amide bonds. The fourth-order valence-corrected chi connectivity index (χ4v) is 2.61. The zero-order valence-electron chi connectivity index (χ0n) is 15.7. The van der Waals surface area contributed by atoms with Gasteiger partial charge in [-0.2, -0.15) is 5.26 Å². The van der Waals surface area contributed by atoms with Crippen molar-refractivity contribution in [3.63, 3.8) is 0 Å². The van der Waals surface area contributed by atoms with Crippen LogP contribution in [0, 0.1) is 11.3 Å². The predicted octanol–water partition coefficient (Wildman–Crippen LogP) is 4.48. The summed E-state index contributed by atoms with van der Waals surface area (Å²) in [4.78, 5) is 2.32. The van der Waals surface area contributed by atoms with Gasteiger partial charge in [-0.3, -0.25) is 0 Å². The maximum absolute atomic E-state index is 9.46. The van der Waals surface area contributed by atoms with Crippen LogP contribution in [-0.2, 0) is 0 Å². The number of nitrogens with zero attached hydrogens (tertiary/aromatic N) is 2. The smallest absolute Gasteiger partial charge is 0.119 e. The molecule has 0 aliphatic heterocycles. The normalized spacial score (nSPS) is 11.3. The van der Waals surface area contributed by atoms with E-state index in [4.69, 9.17) is 9.47 Å². The van der Waals surface area contributed by atoms with E-state index in [0.29, 0.717) is 12.2 Å². The Hall–Kier alpha value is -2.77. The largest absolute Gasteiger partial charge is 0.497 e. The van der Waals surface area contributed by atoms with Crippen LogP contribution in [0.15, 0.2) is 48.5 Å². The third kappa shape index (κ3) is 5.65. The molecule has 0 saturated carbocycles. The Balaban J connectivity index is 2.01. The molecule has 4 heteroatoms. The number of hydrogen-bond acceptors (Lipinski definition) is 4. The third-order valence-electron chi connectivity index (χ3n) is 4.28. The quantitative estimate of drug-likeness (QED) is 0.494. The molecule has 0 bridgehead atoms. The highest BCUT2D eigenvalue weighted by Crippen LogP contribution is 2.22. The number of allylic oxidation sites excluding steroid dienone is 1. The van der Waals surface area contributed by atoms with E-state index in [1.807, 2.05) is 54.6 Å². The van der Waals surface area contributed by atoms with Crippen LogP contribution in [0.5, 0.6) is 11.5 Å². The van der Waals surface area contributed by atoms with Gasteiger partial charge in [0.25, 0.3) is 0 Å². The third-order valence-corrected chi connectivity index (χ3v) is 4.28. The molecule has 0 aliphatic carbocycles. The van der Waals surface area contributed by atoms with Crippen molar-refractivity contribution < 1.29 is 9.47 Å². The zero-order chi connectivity index (χ0) is 18.8. The summed E-state index contributed by atoms with van der Waals surface area (Å²) in [7, 11) is 1.63. The molecule has 0 atom stereocenters. The van der Waals surface area contributed by atoms with Gasteiger partial charge in [0.15, 0.2) is 0 Å². The van der Waals surface area contributed by atoms with Gasteiger partial charge in [0.1, 0.15) is 18.1 Å². The Bertz CT molecular complexity index is 739. The lowest BCUT2D eigenvalue weighted by Gasteiger charge is -2.18. The monoisotopic (exact) mass is 350 g/mol. The van der Waals surface area contributed by atoms with Crippen LogP contribution in [0.25, 0.3) is 11.6 Å². The fourth-order valence-electron chi connectivity index (χ4n) is 2.61. The minimum atomic E-state index is 0.614. The van der Waals surface area contributed by atoms with E-state index in [0.717, 1.165) is 42.3 Å². The van der Waals surface area contributed by atoms with Gasteiger partial charge in [0.2, 0.25) is 0 Å². The van der Waals surface area contributed by atoms with E-state index in [1.54, 1.807) is 7.11 Å².